The number of methoxy groups -OCH3 is 1. The van der Waals surface area contributed by atoms with E-state index in [-0.39, 0.29) is 0 Å². The summed E-state index contributed by atoms with van der Waals surface area (Å²) in [6.07, 6.45) is 3.98. The molecule has 4 nitrogen and oxygen atoms in total. The number of hydrogen-bond donors (Lipinski definition) is 2. The van der Waals surface area contributed by atoms with Crippen LogP contribution in [0, 0.1) is 0 Å². The third kappa shape index (κ3) is 2.69. The molecule has 1 fully saturated rings. The summed E-state index contributed by atoms with van der Waals surface area (Å²) in [5.74, 6) is 1.01. The number of hydrogen-bond acceptors (Lipinski definition) is 4. The van der Waals surface area contributed by atoms with Crippen molar-refractivity contribution in [3.05, 3.63) is 23.8 Å². The Morgan fingerprint density at radius 2 is 2.37 bits per heavy atom. The molecular weight excluding hydrogens is 240 g/mol. The fourth-order valence-electron chi connectivity index (χ4n) is 3.06. The van der Waals surface area contributed by atoms with Crippen LogP contribution in [0.4, 0.5) is 5.69 Å². The first kappa shape index (κ1) is 12.8. The Balaban J connectivity index is 1.67. The summed E-state index contributed by atoms with van der Waals surface area (Å²) in [7, 11) is 1.81. The summed E-state index contributed by atoms with van der Waals surface area (Å²) in [4.78, 5) is 0. The lowest BCUT2D eigenvalue weighted by Crippen LogP contribution is -2.36. The molecule has 3 rings (SSSR count). The highest BCUT2D eigenvalue weighted by Crippen LogP contribution is 2.31. The van der Waals surface area contributed by atoms with Crippen LogP contribution in [0.15, 0.2) is 18.2 Å². The lowest BCUT2D eigenvalue weighted by Gasteiger charge is -2.24. The number of ether oxygens (including phenoxy) is 2. The van der Waals surface area contributed by atoms with Gasteiger partial charge in [0.05, 0.1) is 11.8 Å². The summed E-state index contributed by atoms with van der Waals surface area (Å²) < 4.78 is 11.3. The van der Waals surface area contributed by atoms with E-state index in [1.54, 1.807) is 0 Å². The van der Waals surface area contributed by atoms with Crippen molar-refractivity contribution in [1.29, 1.82) is 0 Å². The van der Waals surface area contributed by atoms with Crippen LogP contribution in [0.3, 0.4) is 0 Å². The second-order valence-corrected chi connectivity index (χ2v) is 5.26. The summed E-state index contributed by atoms with van der Waals surface area (Å²) in [6, 6.07) is 6.76. The number of fused-ring (bicyclic) bond motifs is 1. The topological polar surface area (TPSA) is 42.5 Å². The van der Waals surface area contributed by atoms with Gasteiger partial charge >= 0.3 is 0 Å². The Morgan fingerprint density at radius 1 is 1.42 bits per heavy atom. The van der Waals surface area contributed by atoms with Gasteiger partial charge in [0.1, 0.15) is 12.4 Å². The van der Waals surface area contributed by atoms with Crippen molar-refractivity contribution in [2.45, 2.75) is 38.0 Å². The summed E-state index contributed by atoms with van der Waals surface area (Å²) in [5, 5.41) is 6.99. The maximum atomic E-state index is 5.79. The quantitative estimate of drug-likeness (QED) is 0.872. The van der Waals surface area contributed by atoms with E-state index in [0.29, 0.717) is 12.1 Å². The number of nitrogens with one attached hydrogen (secondary N) is 2. The normalized spacial score (nSPS) is 25.5. The molecule has 2 atom stereocenters. The maximum absolute atomic E-state index is 5.79. The minimum absolute atomic E-state index is 0.360. The van der Waals surface area contributed by atoms with Gasteiger partial charge in [-0.3, -0.25) is 0 Å². The molecule has 1 aromatic rings. The van der Waals surface area contributed by atoms with Crippen LogP contribution in [0.1, 0.15) is 24.8 Å². The molecule has 0 aromatic heterocycles. The predicted octanol–water partition coefficient (Wildman–Crippen LogP) is 2.15. The predicted molar refractivity (Wildman–Crippen MR) is 75.7 cm³/mol. The van der Waals surface area contributed by atoms with Crippen LogP contribution in [-0.2, 0) is 11.3 Å². The minimum Gasteiger partial charge on any atom is -0.489 e. The van der Waals surface area contributed by atoms with E-state index in [1.165, 1.54) is 24.8 Å². The Morgan fingerprint density at radius 3 is 3.26 bits per heavy atom. The number of rotatable bonds is 4. The Bertz CT molecular complexity index is 436. The van der Waals surface area contributed by atoms with Gasteiger partial charge < -0.3 is 20.1 Å². The van der Waals surface area contributed by atoms with Gasteiger partial charge in [0.25, 0.3) is 0 Å². The maximum Gasteiger partial charge on any atom is 0.146 e. The minimum atomic E-state index is 0.360. The molecule has 0 radical (unpaired) electrons. The van der Waals surface area contributed by atoms with Gasteiger partial charge in [0.2, 0.25) is 0 Å². The van der Waals surface area contributed by atoms with E-state index in [0.717, 1.165) is 31.1 Å². The van der Waals surface area contributed by atoms with Crippen molar-refractivity contribution in [3.8, 4) is 5.75 Å². The zero-order valence-electron chi connectivity index (χ0n) is 11.4. The highest BCUT2D eigenvalue weighted by atomic mass is 16.5. The van der Waals surface area contributed by atoms with Gasteiger partial charge in [-0.05, 0) is 25.3 Å². The first-order valence-electron chi connectivity index (χ1n) is 7.13. The molecular formula is C15H22N2O2. The molecule has 2 unspecified atom stereocenters. The molecule has 2 N–H and O–H groups in total. The van der Waals surface area contributed by atoms with Crippen LogP contribution in [0.5, 0.6) is 5.75 Å². The second kappa shape index (κ2) is 5.80. The number of anilines is 1. The first-order chi connectivity index (χ1) is 9.38. The number of para-hydroxylation sites is 1. The van der Waals surface area contributed by atoms with Gasteiger partial charge in [-0.15, -0.1) is 0 Å². The standard InChI is InChI=1S/C15H22N2O2/c1-18-14-7-3-5-12(14)17-10-11-4-2-6-13-15(11)19-9-8-16-13/h2,4,6,12,14,16-17H,3,5,7-10H2,1H3. The van der Waals surface area contributed by atoms with Gasteiger partial charge in [0, 0.05) is 31.8 Å². The summed E-state index contributed by atoms with van der Waals surface area (Å²) >= 11 is 0. The van der Waals surface area contributed by atoms with Crippen LogP contribution < -0.4 is 15.4 Å². The van der Waals surface area contributed by atoms with Crippen molar-refractivity contribution >= 4 is 5.69 Å². The van der Waals surface area contributed by atoms with Gasteiger partial charge in [-0.2, -0.15) is 0 Å². The molecule has 2 aliphatic rings. The molecule has 1 heterocycles. The second-order valence-electron chi connectivity index (χ2n) is 5.26. The molecule has 0 saturated heterocycles. The van der Waals surface area contributed by atoms with Crippen molar-refractivity contribution in [2.75, 3.05) is 25.6 Å². The smallest absolute Gasteiger partial charge is 0.146 e. The molecule has 0 bridgehead atoms. The number of benzene rings is 1. The third-order valence-corrected chi connectivity index (χ3v) is 4.07. The SMILES string of the molecule is COC1CCCC1NCc1cccc2c1OCCN2. The fourth-order valence-corrected chi connectivity index (χ4v) is 3.06. The zero-order valence-corrected chi connectivity index (χ0v) is 11.4. The molecule has 1 aliphatic carbocycles. The van der Waals surface area contributed by atoms with Gasteiger partial charge in [-0.25, -0.2) is 0 Å². The van der Waals surface area contributed by atoms with Gasteiger partial charge in [0.15, 0.2) is 0 Å². The highest BCUT2D eigenvalue weighted by Gasteiger charge is 2.26. The molecule has 104 valence electrons. The summed E-state index contributed by atoms with van der Waals surface area (Å²) in [5.41, 5.74) is 2.34. The zero-order chi connectivity index (χ0) is 13.1. The van der Waals surface area contributed by atoms with E-state index >= 15 is 0 Å². The van der Waals surface area contributed by atoms with Crippen molar-refractivity contribution in [3.63, 3.8) is 0 Å². The lowest BCUT2D eigenvalue weighted by atomic mass is 10.1. The van der Waals surface area contributed by atoms with Gasteiger partial charge in [-0.1, -0.05) is 12.1 Å². The van der Waals surface area contributed by atoms with E-state index in [4.69, 9.17) is 9.47 Å². The monoisotopic (exact) mass is 262 g/mol. The lowest BCUT2D eigenvalue weighted by molar-refractivity contribution is 0.0846. The van der Waals surface area contributed by atoms with Crippen LogP contribution in [0.25, 0.3) is 0 Å². The Labute approximate surface area is 114 Å². The van der Waals surface area contributed by atoms with Crippen LogP contribution in [-0.4, -0.2) is 32.4 Å². The molecule has 19 heavy (non-hydrogen) atoms. The van der Waals surface area contributed by atoms with E-state index in [2.05, 4.69) is 28.8 Å². The first-order valence-corrected chi connectivity index (χ1v) is 7.13. The molecule has 0 spiro atoms. The summed E-state index contributed by atoms with van der Waals surface area (Å²) in [6.45, 7) is 2.47. The Hall–Kier alpha value is -1.26. The molecule has 1 aliphatic heterocycles. The van der Waals surface area contributed by atoms with E-state index < -0.39 is 0 Å². The molecule has 1 aromatic carbocycles. The van der Waals surface area contributed by atoms with E-state index in [9.17, 15) is 0 Å². The third-order valence-electron chi connectivity index (χ3n) is 4.07. The van der Waals surface area contributed by atoms with Crippen molar-refractivity contribution in [2.24, 2.45) is 0 Å². The van der Waals surface area contributed by atoms with Crippen LogP contribution >= 0.6 is 0 Å². The average Bonchev–Trinajstić information content (AvgIpc) is 2.92. The van der Waals surface area contributed by atoms with Crippen LogP contribution in [0.2, 0.25) is 0 Å². The van der Waals surface area contributed by atoms with Crippen molar-refractivity contribution in [1.82, 2.24) is 5.32 Å². The molecule has 4 heteroatoms. The van der Waals surface area contributed by atoms with E-state index in [1.807, 2.05) is 7.11 Å². The fraction of sp³-hybridized carbons (Fsp3) is 0.600. The molecule has 0 amide bonds. The largest absolute Gasteiger partial charge is 0.489 e. The molecule has 1 saturated carbocycles. The Kier molecular flexibility index (Phi) is 3.89. The van der Waals surface area contributed by atoms with Crippen molar-refractivity contribution < 1.29 is 9.47 Å². The highest BCUT2D eigenvalue weighted by molar-refractivity contribution is 5.61. The average molecular weight is 262 g/mol.